The number of hydrogen-bond acceptors (Lipinski definition) is 5. The molecule has 0 unspecified atom stereocenters. The van der Waals surface area contributed by atoms with Crippen LogP contribution in [0, 0.1) is 0 Å². The third-order valence-electron chi connectivity index (χ3n) is 7.26. The quantitative estimate of drug-likeness (QED) is 0.415. The largest absolute Gasteiger partial charge is 0.490 e. The van der Waals surface area contributed by atoms with Gasteiger partial charge in [-0.15, -0.1) is 5.10 Å². The minimum Gasteiger partial charge on any atom is -0.490 e. The van der Waals surface area contributed by atoms with Crippen molar-refractivity contribution in [3.63, 3.8) is 0 Å². The number of ether oxygens (including phenoxy) is 2. The third kappa shape index (κ3) is 6.92. The molecule has 2 heterocycles. The zero-order chi connectivity index (χ0) is 22.9. The van der Waals surface area contributed by atoms with Gasteiger partial charge in [0.25, 0.3) is 0 Å². The van der Waals surface area contributed by atoms with Crippen molar-refractivity contribution in [1.29, 1.82) is 0 Å². The minimum atomic E-state index is 0.371. The number of aryl methyl sites for hydroxylation is 1. The van der Waals surface area contributed by atoms with Crippen LogP contribution in [0.1, 0.15) is 83.2 Å². The van der Waals surface area contributed by atoms with Crippen molar-refractivity contribution in [2.45, 2.75) is 96.1 Å². The van der Waals surface area contributed by atoms with Gasteiger partial charge in [-0.25, -0.2) is 0 Å². The molecule has 1 aromatic heterocycles. The third-order valence-corrected chi connectivity index (χ3v) is 7.26. The van der Waals surface area contributed by atoms with E-state index in [1.807, 2.05) is 0 Å². The van der Waals surface area contributed by atoms with Gasteiger partial charge in [-0.3, -0.25) is 0 Å². The number of hydrogen-bond donors (Lipinski definition) is 0. The highest BCUT2D eigenvalue weighted by Crippen LogP contribution is 2.30. The Morgan fingerprint density at radius 1 is 0.970 bits per heavy atom. The first-order chi connectivity index (χ1) is 16.2. The van der Waals surface area contributed by atoms with Crippen molar-refractivity contribution in [2.24, 2.45) is 0 Å². The number of rotatable bonds is 10. The monoisotopic (exact) mass is 451 g/mol. The maximum absolute atomic E-state index is 6.23. The second-order valence-corrected chi connectivity index (χ2v) is 9.82. The average Bonchev–Trinajstić information content (AvgIpc) is 2.85. The molecule has 180 valence electrons. The van der Waals surface area contributed by atoms with E-state index in [0.717, 1.165) is 48.3 Å². The highest BCUT2D eigenvalue weighted by Gasteiger charge is 2.19. The summed E-state index contributed by atoms with van der Waals surface area (Å²) in [4.78, 5) is 2.47. The second-order valence-electron chi connectivity index (χ2n) is 9.82. The van der Waals surface area contributed by atoms with Crippen LogP contribution in [0.4, 0.5) is 0 Å². The lowest BCUT2D eigenvalue weighted by molar-refractivity contribution is 0.151. The summed E-state index contributed by atoms with van der Waals surface area (Å²) in [6.45, 7) is 4.09. The van der Waals surface area contributed by atoms with Crippen molar-refractivity contribution in [3.05, 3.63) is 36.0 Å². The molecule has 2 fully saturated rings. The molecular weight excluding hydrogens is 410 g/mol. The highest BCUT2D eigenvalue weighted by molar-refractivity contribution is 5.67. The second kappa shape index (κ2) is 12.4. The van der Waals surface area contributed by atoms with Crippen molar-refractivity contribution < 1.29 is 9.47 Å². The van der Waals surface area contributed by atoms with E-state index >= 15 is 0 Å². The van der Waals surface area contributed by atoms with E-state index in [4.69, 9.17) is 9.47 Å². The molecule has 0 bridgehead atoms. The van der Waals surface area contributed by atoms with Crippen molar-refractivity contribution in [3.8, 4) is 22.8 Å². The van der Waals surface area contributed by atoms with Crippen LogP contribution >= 0.6 is 0 Å². The summed E-state index contributed by atoms with van der Waals surface area (Å²) in [6, 6.07) is 11.2. The molecule has 1 saturated heterocycles. The summed E-state index contributed by atoms with van der Waals surface area (Å²) >= 11 is 0. The molecule has 0 N–H and O–H groups in total. The Morgan fingerprint density at radius 2 is 1.76 bits per heavy atom. The SMILES string of the molecule is CCCCc1nnc(OCC[C@@H]2CCCCN2C)cc1-c1ccc(OC2CCCCC2)cc1. The number of unbranched alkanes of at least 4 members (excludes halogenated alkanes) is 1. The zero-order valence-electron chi connectivity index (χ0n) is 20.6. The van der Waals surface area contributed by atoms with E-state index in [9.17, 15) is 0 Å². The highest BCUT2D eigenvalue weighted by atomic mass is 16.5. The van der Waals surface area contributed by atoms with Gasteiger partial charge in [0.2, 0.25) is 5.88 Å². The Morgan fingerprint density at radius 3 is 2.52 bits per heavy atom. The van der Waals surface area contributed by atoms with Gasteiger partial charge >= 0.3 is 0 Å². The Labute approximate surface area is 199 Å². The predicted octanol–water partition coefficient (Wildman–Crippen LogP) is 6.45. The first-order valence-corrected chi connectivity index (χ1v) is 13.2. The molecule has 1 aliphatic heterocycles. The molecule has 0 radical (unpaired) electrons. The molecule has 1 atom stereocenters. The van der Waals surface area contributed by atoms with Crippen LogP contribution in [0.2, 0.25) is 0 Å². The maximum Gasteiger partial charge on any atom is 0.234 e. The standard InChI is InChI=1S/C28H41N3O2/c1-3-4-13-27-26(22-14-16-25(17-15-22)33-24-11-6-5-7-12-24)21-28(30-29-27)32-20-18-23-10-8-9-19-31(23)2/h14-17,21,23-24H,3-13,18-20H2,1-2H3/t23-/m0/s1. The smallest absolute Gasteiger partial charge is 0.234 e. The lowest BCUT2D eigenvalue weighted by Crippen LogP contribution is -2.37. The van der Waals surface area contributed by atoms with Crippen LogP contribution in [0.25, 0.3) is 11.1 Å². The van der Waals surface area contributed by atoms with Crippen LogP contribution in [0.3, 0.4) is 0 Å². The molecule has 4 rings (SSSR count). The van der Waals surface area contributed by atoms with Gasteiger partial charge < -0.3 is 14.4 Å². The molecule has 1 saturated carbocycles. The Hall–Kier alpha value is -2.14. The van der Waals surface area contributed by atoms with E-state index in [1.54, 1.807) is 0 Å². The number of piperidine rings is 1. The zero-order valence-corrected chi connectivity index (χ0v) is 20.6. The van der Waals surface area contributed by atoms with Gasteiger partial charge in [-0.2, -0.15) is 5.10 Å². The van der Waals surface area contributed by atoms with Crippen LogP contribution in [0.15, 0.2) is 30.3 Å². The molecule has 1 aromatic carbocycles. The number of aromatic nitrogens is 2. The van der Waals surface area contributed by atoms with Crippen LogP contribution in [-0.4, -0.2) is 47.4 Å². The number of nitrogens with zero attached hydrogens (tertiary/aromatic N) is 3. The normalized spacial score (nSPS) is 20.0. The molecule has 0 spiro atoms. The van der Waals surface area contributed by atoms with E-state index in [2.05, 4.69) is 59.4 Å². The van der Waals surface area contributed by atoms with E-state index in [-0.39, 0.29) is 0 Å². The lowest BCUT2D eigenvalue weighted by atomic mass is 9.97. The maximum atomic E-state index is 6.23. The van der Waals surface area contributed by atoms with E-state index in [0.29, 0.717) is 24.6 Å². The van der Waals surface area contributed by atoms with Crippen molar-refractivity contribution in [2.75, 3.05) is 20.2 Å². The Balaban J connectivity index is 1.42. The number of benzene rings is 1. The number of likely N-dealkylation sites (tertiary alicyclic amines) is 1. The molecule has 5 heteroatoms. The van der Waals surface area contributed by atoms with Gasteiger partial charge in [-0.1, -0.05) is 38.3 Å². The summed E-state index contributed by atoms with van der Waals surface area (Å²) in [6.07, 6.45) is 14.8. The van der Waals surface area contributed by atoms with Gasteiger partial charge in [-0.05, 0) is 89.1 Å². The first-order valence-electron chi connectivity index (χ1n) is 13.2. The molecule has 1 aliphatic carbocycles. The van der Waals surface area contributed by atoms with E-state index < -0.39 is 0 Å². The van der Waals surface area contributed by atoms with Gasteiger partial charge in [0.1, 0.15) is 5.75 Å². The molecule has 2 aliphatic rings. The molecule has 0 amide bonds. The summed E-state index contributed by atoms with van der Waals surface area (Å²) in [5.41, 5.74) is 3.34. The Bertz CT molecular complexity index is 849. The fourth-order valence-electron chi connectivity index (χ4n) is 5.15. The minimum absolute atomic E-state index is 0.371. The predicted molar refractivity (Wildman–Crippen MR) is 134 cm³/mol. The molecule has 33 heavy (non-hydrogen) atoms. The fraction of sp³-hybridized carbons (Fsp3) is 0.643. The van der Waals surface area contributed by atoms with E-state index in [1.165, 1.54) is 57.9 Å². The van der Waals surface area contributed by atoms with Crippen LogP contribution < -0.4 is 9.47 Å². The van der Waals surface area contributed by atoms with Crippen molar-refractivity contribution >= 4 is 0 Å². The van der Waals surface area contributed by atoms with Gasteiger partial charge in [0.15, 0.2) is 0 Å². The molecule has 5 nitrogen and oxygen atoms in total. The summed E-state index contributed by atoms with van der Waals surface area (Å²) in [5.74, 6) is 1.60. The fourth-order valence-corrected chi connectivity index (χ4v) is 5.15. The van der Waals surface area contributed by atoms with Crippen LogP contribution in [-0.2, 0) is 6.42 Å². The lowest BCUT2D eigenvalue weighted by Gasteiger charge is -2.32. The summed E-state index contributed by atoms with van der Waals surface area (Å²) in [5, 5.41) is 8.98. The summed E-state index contributed by atoms with van der Waals surface area (Å²) in [7, 11) is 2.23. The topological polar surface area (TPSA) is 47.5 Å². The molecule has 2 aromatic rings. The average molecular weight is 452 g/mol. The molecular formula is C28H41N3O2. The van der Waals surface area contributed by atoms with Crippen molar-refractivity contribution in [1.82, 2.24) is 15.1 Å². The first kappa shape index (κ1) is 24.0. The van der Waals surface area contributed by atoms with Gasteiger partial charge in [0, 0.05) is 17.7 Å². The van der Waals surface area contributed by atoms with Gasteiger partial charge in [0.05, 0.1) is 18.4 Å². The van der Waals surface area contributed by atoms with Crippen LogP contribution in [0.5, 0.6) is 11.6 Å². The Kier molecular flexibility index (Phi) is 8.99. The summed E-state index contributed by atoms with van der Waals surface area (Å²) < 4.78 is 12.3.